The number of ether oxygens (including phenoxy) is 1. The highest BCUT2D eigenvalue weighted by molar-refractivity contribution is 8.00. The van der Waals surface area contributed by atoms with Gasteiger partial charge >= 0.3 is 11.5 Å². The quantitative estimate of drug-likeness (QED) is 0.563. The Bertz CT molecular complexity index is 510. The molecule has 1 aromatic carbocycles. The molecule has 1 saturated carbocycles. The lowest BCUT2D eigenvalue weighted by Gasteiger charge is -2.16. The molecule has 0 bridgehead atoms. The Morgan fingerprint density at radius 2 is 2.05 bits per heavy atom. The third-order valence-electron chi connectivity index (χ3n) is 3.66. The Morgan fingerprint density at radius 1 is 1.36 bits per heavy atom. The number of thioether (sulfide) groups is 1. The maximum atomic E-state index is 12.4. The SMILES string of the molecule is CC(Cc1cccc(SC(F)(F)F)c1)C(=O)OC1CCCC1. The second-order valence-corrected chi connectivity index (χ2v) is 6.78. The summed E-state index contributed by atoms with van der Waals surface area (Å²) >= 11 is -0.140. The van der Waals surface area contributed by atoms with Crippen molar-refractivity contribution in [1.29, 1.82) is 0 Å². The lowest BCUT2D eigenvalue weighted by Crippen LogP contribution is -2.22. The zero-order valence-electron chi connectivity index (χ0n) is 12.4. The predicted molar refractivity (Wildman–Crippen MR) is 79.6 cm³/mol. The van der Waals surface area contributed by atoms with Crippen LogP contribution in [0.2, 0.25) is 0 Å². The molecule has 1 aliphatic carbocycles. The van der Waals surface area contributed by atoms with Gasteiger partial charge in [0.05, 0.1) is 5.92 Å². The van der Waals surface area contributed by atoms with Crippen LogP contribution in [-0.2, 0) is 16.0 Å². The van der Waals surface area contributed by atoms with Crippen LogP contribution in [0, 0.1) is 5.92 Å². The first-order valence-electron chi connectivity index (χ1n) is 7.38. The van der Waals surface area contributed by atoms with E-state index in [-0.39, 0.29) is 34.6 Å². The fourth-order valence-electron chi connectivity index (χ4n) is 2.59. The van der Waals surface area contributed by atoms with Gasteiger partial charge < -0.3 is 4.74 Å². The van der Waals surface area contributed by atoms with Crippen LogP contribution in [0.25, 0.3) is 0 Å². The molecule has 0 spiro atoms. The molecular weight excluding hydrogens is 313 g/mol. The highest BCUT2D eigenvalue weighted by Gasteiger charge is 2.29. The van der Waals surface area contributed by atoms with Gasteiger partial charge in [-0.2, -0.15) is 13.2 Å². The third kappa shape index (κ3) is 5.55. The number of hydrogen-bond acceptors (Lipinski definition) is 3. The highest BCUT2D eigenvalue weighted by Crippen LogP contribution is 2.37. The summed E-state index contributed by atoms with van der Waals surface area (Å²) in [4.78, 5) is 12.1. The van der Waals surface area contributed by atoms with Gasteiger partial charge in [0.15, 0.2) is 0 Å². The van der Waals surface area contributed by atoms with Crippen molar-refractivity contribution in [1.82, 2.24) is 0 Å². The molecule has 0 N–H and O–H groups in total. The molecule has 1 unspecified atom stereocenters. The van der Waals surface area contributed by atoms with Gasteiger partial charge in [0.2, 0.25) is 0 Å². The maximum Gasteiger partial charge on any atom is 0.446 e. The Kier molecular flexibility index (Phi) is 5.78. The summed E-state index contributed by atoms with van der Waals surface area (Å²) in [6.07, 6.45) is 4.40. The number of rotatable bonds is 5. The van der Waals surface area contributed by atoms with Crippen LogP contribution >= 0.6 is 11.8 Å². The molecule has 0 amide bonds. The van der Waals surface area contributed by atoms with Crippen molar-refractivity contribution < 1.29 is 22.7 Å². The van der Waals surface area contributed by atoms with E-state index in [2.05, 4.69) is 0 Å². The van der Waals surface area contributed by atoms with Crippen molar-refractivity contribution in [2.24, 2.45) is 5.92 Å². The molecule has 6 heteroatoms. The first-order chi connectivity index (χ1) is 10.3. The Hall–Kier alpha value is -1.17. The van der Waals surface area contributed by atoms with Gasteiger partial charge in [0, 0.05) is 4.90 Å². The van der Waals surface area contributed by atoms with Gasteiger partial charge in [-0.25, -0.2) is 0 Å². The first-order valence-corrected chi connectivity index (χ1v) is 8.20. The van der Waals surface area contributed by atoms with Gasteiger partial charge in [-0.1, -0.05) is 19.1 Å². The van der Waals surface area contributed by atoms with Crippen molar-refractivity contribution in [3.05, 3.63) is 29.8 Å². The topological polar surface area (TPSA) is 26.3 Å². The second-order valence-electron chi connectivity index (χ2n) is 5.64. The molecule has 2 rings (SSSR count). The van der Waals surface area contributed by atoms with E-state index in [9.17, 15) is 18.0 Å². The van der Waals surface area contributed by atoms with Crippen molar-refractivity contribution in [2.45, 2.75) is 55.5 Å². The molecule has 22 heavy (non-hydrogen) atoms. The van der Waals surface area contributed by atoms with E-state index >= 15 is 0 Å². The molecule has 2 nitrogen and oxygen atoms in total. The number of hydrogen-bond donors (Lipinski definition) is 0. The molecule has 0 saturated heterocycles. The molecule has 0 radical (unpaired) electrons. The number of carbonyl (C=O) groups is 1. The Labute approximate surface area is 132 Å². The fourth-order valence-corrected chi connectivity index (χ4v) is 3.22. The molecule has 1 aliphatic rings. The summed E-state index contributed by atoms with van der Waals surface area (Å²) < 4.78 is 42.6. The average molecular weight is 332 g/mol. The van der Waals surface area contributed by atoms with E-state index in [1.807, 2.05) is 0 Å². The van der Waals surface area contributed by atoms with Crippen LogP contribution in [0.1, 0.15) is 38.2 Å². The highest BCUT2D eigenvalue weighted by atomic mass is 32.2. The monoisotopic (exact) mass is 332 g/mol. The first kappa shape index (κ1) is 17.2. The second kappa shape index (κ2) is 7.40. The van der Waals surface area contributed by atoms with Gasteiger partial charge in [0.25, 0.3) is 0 Å². The number of carbonyl (C=O) groups excluding carboxylic acids is 1. The van der Waals surface area contributed by atoms with Crippen LogP contribution in [0.5, 0.6) is 0 Å². The normalized spacial score (nSPS) is 17.5. The molecule has 0 heterocycles. The summed E-state index contributed by atoms with van der Waals surface area (Å²) in [7, 11) is 0. The van der Waals surface area contributed by atoms with E-state index in [1.165, 1.54) is 12.1 Å². The Balaban J connectivity index is 1.91. The average Bonchev–Trinajstić information content (AvgIpc) is 2.89. The lowest BCUT2D eigenvalue weighted by molar-refractivity contribution is -0.153. The predicted octanol–water partition coefficient (Wildman–Crippen LogP) is 4.96. The lowest BCUT2D eigenvalue weighted by atomic mass is 10.0. The number of halogens is 3. The van der Waals surface area contributed by atoms with Crippen LogP contribution in [0.3, 0.4) is 0 Å². The van der Waals surface area contributed by atoms with Gasteiger partial charge in [-0.3, -0.25) is 4.79 Å². The van der Waals surface area contributed by atoms with Crippen molar-refractivity contribution >= 4 is 17.7 Å². The van der Waals surface area contributed by atoms with Gasteiger partial charge in [-0.05, 0) is 61.6 Å². The number of esters is 1. The Morgan fingerprint density at radius 3 is 2.68 bits per heavy atom. The van der Waals surface area contributed by atoms with Crippen molar-refractivity contribution in [2.75, 3.05) is 0 Å². The van der Waals surface area contributed by atoms with E-state index < -0.39 is 5.51 Å². The van der Waals surface area contributed by atoms with Gasteiger partial charge in [-0.15, -0.1) is 0 Å². The molecule has 1 atom stereocenters. The molecule has 122 valence electrons. The number of alkyl halides is 3. The smallest absolute Gasteiger partial charge is 0.446 e. The zero-order chi connectivity index (χ0) is 16.2. The van der Waals surface area contributed by atoms with E-state index in [4.69, 9.17) is 4.74 Å². The minimum atomic E-state index is -4.30. The molecule has 1 aromatic rings. The zero-order valence-corrected chi connectivity index (χ0v) is 13.2. The largest absolute Gasteiger partial charge is 0.462 e. The third-order valence-corrected chi connectivity index (χ3v) is 4.38. The van der Waals surface area contributed by atoms with Gasteiger partial charge in [0.1, 0.15) is 6.10 Å². The van der Waals surface area contributed by atoms with Crippen LogP contribution in [-0.4, -0.2) is 17.6 Å². The standard InChI is InChI=1S/C16H19F3O2S/c1-11(15(20)21-13-6-2-3-7-13)9-12-5-4-8-14(10-12)22-16(17,18)19/h4-5,8,10-11,13H,2-3,6-7,9H2,1H3. The molecule has 0 aliphatic heterocycles. The molecular formula is C16H19F3O2S. The van der Waals surface area contributed by atoms with E-state index in [0.717, 1.165) is 25.7 Å². The van der Waals surface area contributed by atoms with E-state index in [1.54, 1.807) is 19.1 Å². The van der Waals surface area contributed by atoms with Crippen LogP contribution in [0.15, 0.2) is 29.2 Å². The fraction of sp³-hybridized carbons (Fsp3) is 0.562. The minimum Gasteiger partial charge on any atom is -0.462 e. The van der Waals surface area contributed by atoms with Crippen molar-refractivity contribution in [3.8, 4) is 0 Å². The summed E-state index contributed by atoms with van der Waals surface area (Å²) in [6, 6.07) is 6.22. The maximum absolute atomic E-state index is 12.4. The summed E-state index contributed by atoms with van der Waals surface area (Å²) in [5, 5.41) is 0. The number of benzene rings is 1. The van der Waals surface area contributed by atoms with E-state index in [0.29, 0.717) is 12.0 Å². The summed E-state index contributed by atoms with van der Waals surface area (Å²) in [5.41, 5.74) is -3.59. The molecule has 0 aromatic heterocycles. The van der Waals surface area contributed by atoms with Crippen molar-refractivity contribution in [3.63, 3.8) is 0 Å². The minimum absolute atomic E-state index is 0.0158. The van der Waals surface area contributed by atoms with Crippen LogP contribution < -0.4 is 0 Å². The van der Waals surface area contributed by atoms with Crippen LogP contribution in [0.4, 0.5) is 13.2 Å². The molecule has 1 fully saturated rings. The summed E-state index contributed by atoms with van der Waals surface area (Å²) in [5.74, 6) is -0.618. The summed E-state index contributed by atoms with van der Waals surface area (Å²) in [6.45, 7) is 1.75.